The van der Waals surface area contributed by atoms with Gasteiger partial charge in [0.2, 0.25) is 0 Å². The van der Waals surface area contributed by atoms with Gasteiger partial charge in [0.25, 0.3) is 0 Å². The van der Waals surface area contributed by atoms with Crippen LogP contribution in [0.25, 0.3) is 5.69 Å². The summed E-state index contributed by atoms with van der Waals surface area (Å²) in [7, 11) is 5.52. The molecule has 3 rings (SSSR count). The van der Waals surface area contributed by atoms with E-state index in [1.165, 1.54) is 4.88 Å². The maximum atomic E-state index is 5.20. The number of hydrogen-bond acceptors (Lipinski definition) is 4. The molecule has 0 atom stereocenters. The molecule has 0 bridgehead atoms. The van der Waals surface area contributed by atoms with Crippen LogP contribution in [0.3, 0.4) is 0 Å². The molecule has 28 heavy (non-hydrogen) atoms. The van der Waals surface area contributed by atoms with Crippen LogP contribution in [0.5, 0.6) is 5.75 Å². The van der Waals surface area contributed by atoms with E-state index in [9.17, 15) is 0 Å². The van der Waals surface area contributed by atoms with Gasteiger partial charge in [-0.2, -0.15) is 5.10 Å². The molecule has 0 unspecified atom stereocenters. The molecule has 3 aromatic rings. The number of aliphatic imine (C=N–C) groups is 1. The molecule has 0 aliphatic heterocycles. The molecule has 6 nitrogen and oxygen atoms in total. The van der Waals surface area contributed by atoms with Crippen LogP contribution in [-0.2, 0) is 13.0 Å². The van der Waals surface area contributed by atoms with E-state index in [0.717, 1.165) is 36.1 Å². The molecular weight excluding hydrogens is 485 g/mol. The minimum Gasteiger partial charge on any atom is -0.497 e. The molecule has 0 saturated carbocycles. The summed E-state index contributed by atoms with van der Waals surface area (Å²) in [5, 5.41) is 10.1. The van der Waals surface area contributed by atoms with Crippen LogP contribution in [0.4, 0.5) is 0 Å². The first-order valence-electron chi connectivity index (χ1n) is 8.82. The van der Waals surface area contributed by atoms with Crippen LogP contribution in [-0.4, -0.2) is 48.4 Å². The Balaban J connectivity index is 0.00000280. The molecule has 0 amide bonds. The molecule has 0 saturated heterocycles. The smallest absolute Gasteiger partial charge is 0.193 e. The van der Waals surface area contributed by atoms with Gasteiger partial charge in [-0.3, -0.25) is 4.99 Å². The van der Waals surface area contributed by atoms with E-state index in [1.807, 2.05) is 41.2 Å². The van der Waals surface area contributed by atoms with Crippen LogP contribution in [0.1, 0.15) is 10.6 Å². The minimum absolute atomic E-state index is 0. The topological polar surface area (TPSA) is 54.7 Å². The molecule has 2 heterocycles. The lowest BCUT2D eigenvalue weighted by atomic mass is 10.3. The standard InChI is InChI=1S/C20H25N5OS.HI/c1-21-20(24(2)12-11-19-5-4-14-27-19)22-15-16-10-13-25(23-16)17-6-8-18(26-3)9-7-17;/h4-10,13-14H,11-12,15H2,1-3H3,(H,21,22);1H. The lowest BCUT2D eigenvalue weighted by molar-refractivity contribution is 0.414. The lowest BCUT2D eigenvalue weighted by Gasteiger charge is -2.21. The van der Waals surface area contributed by atoms with Gasteiger partial charge in [-0.25, -0.2) is 4.68 Å². The maximum Gasteiger partial charge on any atom is 0.193 e. The van der Waals surface area contributed by atoms with Crippen molar-refractivity contribution in [3.8, 4) is 11.4 Å². The Morgan fingerprint density at radius 2 is 2.04 bits per heavy atom. The van der Waals surface area contributed by atoms with Crippen molar-refractivity contribution in [3.05, 3.63) is 64.6 Å². The van der Waals surface area contributed by atoms with Crippen molar-refractivity contribution in [2.45, 2.75) is 13.0 Å². The Kier molecular flexibility index (Phi) is 8.78. The number of methoxy groups -OCH3 is 1. The third-order valence-electron chi connectivity index (χ3n) is 4.26. The van der Waals surface area contributed by atoms with Crippen molar-refractivity contribution in [2.75, 3.05) is 27.7 Å². The van der Waals surface area contributed by atoms with Crippen LogP contribution in [0.2, 0.25) is 0 Å². The Morgan fingerprint density at radius 1 is 1.25 bits per heavy atom. The number of rotatable bonds is 7. The number of guanidine groups is 1. The summed E-state index contributed by atoms with van der Waals surface area (Å²) in [6.45, 7) is 1.54. The molecule has 0 aliphatic carbocycles. The number of likely N-dealkylation sites (N-methyl/N-ethyl adjacent to an activating group) is 1. The number of halogens is 1. The van der Waals surface area contributed by atoms with Crippen LogP contribution < -0.4 is 10.1 Å². The van der Waals surface area contributed by atoms with Gasteiger partial charge < -0.3 is 15.0 Å². The predicted molar refractivity (Wildman–Crippen MR) is 126 cm³/mol. The Hall–Kier alpha value is -2.07. The molecule has 150 valence electrons. The van der Waals surface area contributed by atoms with Crippen molar-refractivity contribution >= 4 is 41.3 Å². The molecule has 0 aliphatic rings. The average molecular weight is 511 g/mol. The highest BCUT2D eigenvalue weighted by atomic mass is 127. The summed E-state index contributed by atoms with van der Waals surface area (Å²) in [5.41, 5.74) is 1.96. The first-order valence-corrected chi connectivity index (χ1v) is 9.70. The molecular formula is C20H26IN5OS. The summed E-state index contributed by atoms with van der Waals surface area (Å²) in [6, 6.07) is 14.1. The second-order valence-corrected chi connectivity index (χ2v) is 7.13. The molecule has 1 aromatic carbocycles. The highest BCUT2D eigenvalue weighted by Gasteiger charge is 2.08. The van der Waals surface area contributed by atoms with E-state index in [-0.39, 0.29) is 24.0 Å². The van der Waals surface area contributed by atoms with E-state index < -0.39 is 0 Å². The van der Waals surface area contributed by atoms with Gasteiger partial charge in [0.1, 0.15) is 5.75 Å². The van der Waals surface area contributed by atoms with Crippen molar-refractivity contribution < 1.29 is 4.74 Å². The molecule has 0 spiro atoms. The summed E-state index contributed by atoms with van der Waals surface area (Å²) < 4.78 is 7.06. The van der Waals surface area contributed by atoms with E-state index in [0.29, 0.717) is 6.54 Å². The second kappa shape index (κ2) is 11.1. The van der Waals surface area contributed by atoms with Gasteiger partial charge in [0.05, 0.1) is 25.0 Å². The second-order valence-electron chi connectivity index (χ2n) is 6.10. The highest BCUT2D eigenvalue weighted by molar-refractivity contribution is 14.0. The predicted octanol–water partition coefficient (Wildman–Crippen LogP) is 3.81. The summed E-state index contributed by atoms with van der Waals surface area (Å²) in [5.74, 6) is 1.70. The fraction of sp³-hybridized carbons (Fsp3) is 0.300. The summed E-state index contributed by atoms with van der Waals surface area (Å²) >= 11 is 1.79. The zero-order valence-corrected chi connectivity index (χ0v) is 19.5. The fourth-order valence-electron chi connectivity index (χ4n) is 2.73. The third kappa shape index (κ3) is 5.96. The highest BCUT2D eigenvalue weighted by Crippen LogP contribution is 2.14. The molecule has 2 aromatic heterocycles. The van der Waals surface area contributed by atoms with E-state index in [2.05, 4.69) is 44.9 Å². The van der Waals surface area contributed by atoms with Crippen molar-refractivity contribution in [2.24, 2.45) is 4.99 Å². The molecule has 0 radical (unpaired) electrons. The van der Waals surface area contributed by atoms with Crippen LogP contribution in [0, 0.1) is 0 Å². The Labute approximate surface area is 187 Å². The van der Waals surface area contributed by atoms with Gasteiger partial charge in [0, 0.05) is 31.7 Å². The summed E-state index contributed by atoms with van der Waals surface area (Å²) in [4.78, 5) is 7.90. The Bertz CT molecular complexity index is 861. The number of ether oxygens (including phenoxy) is 1. The number of nitrogens with one attached hydrogen (secondary N) is 1. The largest absolute Gasteiger partial charge is 0.497 e. The van der Waals surface area contributed by atoms with Gasteiger partial charge in [-0.15, -0.1) is 35.3 Å². The minimum atomic E-state index is 0. The number of nitrogens with zero attached hydrogens (tertiary/aromatic N) is 4. The number of benzene rings is 1. The van der Waals surface area contributed by atoms with E-state index >= 15 is 0 Å². The normalized spacial score (nSPS) is 11.0. The Morgan fingerprint density at radius 3 is 2.68 bits per heavy atom. The number of thiophene rings is 1. The first-order chi connectivity index (χ1) is 13.2. The van der Waals surface area contributed by atoms with E-state index in [4.69, 9.17) is 4.74 Å². The van der Waals surface area contributed by atoms with Crippen molar-refractivity contribution in [1.29, 1.82) is 0 Å². The number of aromatic nitrogens is 2. The average Bonchev–Trinajstić information content (AvgIpc) is 3.39. The zero-order chi connectivity index (χ0) is 19.1. The molecule has 1 N–H and O–H groups in total. The lowest BCUT2D eigenvalue weighted by Crippen LogP contribution is -2.39. The van der Waals surface area contributed by atoms with Crippen LogP contribution in [0.15, 0.2) is 59.0 Å². The monoisotopic (exact) mass is 511 g/mol. The molecule has 8 heteroatoms. The van der Waals surface area contributed by atoms with Gasteiger partial charge in [-0.1, -0.05) is 6.07 Å². The number of hydrogen-bond donors (Lipinski definition) is 1. The summed E-state index contributed by atoms with van der Waals surface area (Å²) in [6.07, 6.45) is 2.98. The third-order valence-corrected chi connectivity index (χ3v) is 5.19. The first kappa shape index (κ1) is 22.2. The maximum absolute atomic E-state index is 5.20. The van der Waals surface area contributed by atoms with Crippen LogP contribution >= 0.6 is 35.3 Å². The van der Waals surface area contributed by atoms with Crippen molar-refractivity contribution in [3.63, 3.8) is 0 Å². The zero-order valence-electron chi connectivity index (χ0n) is 16.3. The fourth-order valence-corrected chi connectivity index (χ4v) is 3.43. The van der Waals surface area contributed by atoms with Gasteiger partial charge in [0.15, 0.2) is 5.96 Å². The van der Waals surface area contributed by atoms with E-state index in [1.54, 1.807) is 25.5 Å². The quantitative estimate of drug-likeness (QED) is 0.298. The van der Waals surface area contributed by atoms with Gasteiger partial charge in [-0.05, 0) is 48.2 Å². The van der Waals surface area contributed by atoms with Crippen molar-refractivity contribution in [1.82, 2.24) is 20.0 Å². The van der Waals surface area contributed by atoms with Gasteiger partial charge >= 0.3 is 0 Å². The molecule has 0 fully saturated rings. The SMILES string of the molecule is CN=C(NCc1ccn(-c2ccc(OC)cc2)n1)N(C)CCc1cccs1.I.